The van der Waals surface area contributed by atoms with Crippen molar-refractivity contribution in [2.24, 2.45) is 0 Å². The van der Waals surface area contributed by atoms with Gasteiger partial charge in [0.15, 0.2) is 5.76 Å². The van der Waals surface area contributed by atoms with Crippen LogP contribution in [0.4, 0.5) is 0 Å². The Hall–Kier alpha value is -1.17. The number of ether oxygens (including phenoxy) is 1. The maximum absolute atomic E-state index is 5.63. The third-order valence-electron chi connectivity index (χ3n) is 2.83. The van der Waals surface area contributed by atoms with E-state index in [1.165, 1.54) is 0 Å². The van der Waals surface area contributed by atoms with E-state index in [1.807, 2.05) is 30.3 Å². The van der Waals surface area contributed by atoms with Crippen LogP contribution in [-0.4, -0.2) is 10.7 Å². The van der Waals surface area contributed by atoms with Gasteiger partial charge < -0.3 is 14.6 Å². The molecule has 0 amide bonds. The smallest absolute Gasteiger partial charge is 0.162 e. The summed E-state index contributed by atoms with van der Waals surface area (Å²) in [6, 6.07) is 10.00. The molecule has 21 heavy (non-hydrogen) atoms. The van der Waals surface area contributed by atoms with E-state index in [0.29, 0.717) is 19.8 Å². The van der Waals surface area contributed by atoms with Crippen molar-refractivity contribution in [3.63, 3.8) is 0 Å². The van der Waals surface area contributed by atoms with E-state index in [9.17, 15) is 0 Å². The SMILES string of the molecule is CC(C)(C)NCc1cc(COCc2ccc(Br)cc2)on1. The van der Waals surface area contributed by atoms with E-state index in [2.05, 4.69) is 47.2 Å². The second kappa shape index (κ2) is 7.20. The highest BCUT2D eigenvalue weighted by Gasteiger charge is 2.11. The molecular formula is C16H21BrN2O2. The van der Waals surface area contributed by atoms with E-state index >= 15 is 0 Å². The Morgan fingerprint density at radius 1 is 1.19 bits per heavy atom. The molecule has 1 aromatic carbocycles. The van der Waals surface area contributed by atoms with Crippen molar-refractivity contribution in [3.8, 4) is 0 Å². The maximum atomic E-state index is 5.63. The molecule has 1 heterocycles. The minimum absolute atomic E-state index is 0.0667. The van der Waals surface area contributed by atoms with Gasteiger partial charge in [0.05, 0.1) is 12.3 Å². The van der Waals surface area contributed by atoms with Crippen LogP contribution in [0.2, 0.25) is 0 Å². The molecule has 0 aliphatic rings. The summed E-state index contributed by atoms with van der Waals surface area (Å²) < 4.78 is 12.0. The number of hydrogen-bond donors (Lipinski definition) is 1. The fourth-order valence-corrected chi connectivity index (χ4v) is 1.98. The Bertz CT molecular complexity index is 558. The molecule has 114 valence electrons. The molecule has 4 nitrogen and oxygen atoms in total. The van der Waals surface area contributed by atoms with Gasteiger partial charge in [-0.1, -0.05) is 33.2 Å². The van der Waals surface area contributed by atoms with Crippen LogP contribution >= 0.6 is 15.9 Å². The van der Waals surface area contributed by atoms with Crippen LogP contribution in [0.25, 0.3) is 0 Å². The van der Waals surface area contributed by atoms with Crippen LogP contribution in [0.1, 0.15) is 37.8 Å². The largest absolute Gasteiger partial charge is 0.369 e. The molecule has 2 aromatic rings. The van der Waals surface area contributed by atoms with Crippen LogP contribution in [-0.2, 0) is 24.5 Å². The van der Waals surface area contributed by atoms with Crippen molar-refractivity contribution >= 4 is 15.9 Å². The fraction of sp³-hybridized carbons (Fsp3) is 0.438. The van der Waals surface area contributed by atoms with Gasteiger partial charge in [-0.25, -0.2) is 0 Å². The first-order valence-electron chi connectivity index (χ1n) is 6.94. The van der Waals surface area contributed by atoms with Crippen LogP contribution in [0.15, 0.2) is 39.3 Å². The normalized spacial score (nSPS) is 11.8. The lowest BCUT2D eigenvalue weighted by Crippen LogP contribution is -2.35. The van der Waals surface area contributed by atoms with Crippen LogP contribution in [0.5, 0.6) is 0 Å². The van der Waals surface area contributed by atoms with Crippen molar-refractivity contribution < 1.29 is 9.26 Å². The molecule has 0 fully saturated rings. The molecule has 0 bridgehead atoms. The average Bonchev–Trinajstić information content (AvgIpc) is 2.86. The van der Waals surface area contributed by atoms with E-state index < -0.39 is 0 Å². The van der Waals surface area contributed by atoms with Gasteiger partial charge in [0.2, 0.25) is 0 Å². The number of aromatic nitrogens is 1. The molecule has 0 aliphatic carbocycles. The first-order chi connectivity index (χ1) is 9.92. The van der Waals surface area contributed by atoms with E-state index in [1.54, 1.807) is 0 Å². The van der Waals surface area contributed by atoms with Gasteiger partial charge in [-0.15, -0.1) is 0 Å². The summed E-state index contributed by atoms with van der Waals surface area (Å²) >= 11 is 3.41. The molecule has 2 rings (SSSR count). The van der Waals surface area contributed by atoms with Gasteiger partial charge in [0.1, 0.15) is 6.61 Å². The zero-order valence-corrected chi connectivity index (χ0v) is 14.2. The van der Waals surface area contributed by atoms with Crippen molar-refractivity contribution in [1.82, 2.24) is 10.5 Å². The Balaban J connectivity index is 1.76. The van der Waals surface area contributed by atoms with Gasteiger partial charge in [-0.05, 0) is 38.5 Å². The third kappa shape index (κ3) is 5.99. The number of nitrogens with one attached hydrogen (secondary N) is 1. The molecule has 0 saturated heterocycles. The molecule has 5 heteroatoms. The molecular weight excluding hydrogens is 332 g/mol. The van der Waals surface area contributed by atoms with Gasteiger partial charge in [0, 0.05) is 22.6 Å². The highest BCUT2D eigenvalue weighted by atomic mass is 79.9. The van der Waals surface area contributed by atoms with E-state index in [0.717, 1.165) is 21.5 Å². The average molecular weight is 353 g/mol. The quantitative estimate of drug-likeness (QED) is 0.851. The van der Waals surface area contributed by atoms with Crippen LogP contribution < -0.4 is 5.32 Å². The standard InChI is InChI=1S/C16H21BrN2O2/c1-16(2,3)18-9-14-8-15(21-19-14)11-20-10-12-4-6-13(17)7-5-12/h4-8,18H,9-11H2,1-3H3. The van der Waals surface area contributed by atoms with Crippen molar-refractivity contribution in [2.45, 2.75) is 46.1 Å². The monoisotopic (exact) mass is 352 g/mol. The molecule has 1 aromatic heterocycles. The van der Waals surface area contributed by atoms with Gasteiger partial charge in [-0.2, -0.15) is 0 Å². The molecule has 0 aliphatic heterocycles. The molecule has 0 spiro atoms. The van der Waals surface area contributed by atoms with Crippen LogP contribution in [0, 0.1) is 0 Å². The third-order valence-corrected chi connectivity index (χ3v) is 3.36. The van der Waals surface area contributed by atoms with Gasteiger partial charge in [-0.3, -0.25) is 0 Å². The highest BCUT2D eigenvalue weighted by Crippen LogP contribution is 2.12. The van der Waals surface area contributed by atoms with E-state index in [4.69, 9.17) is 9.26 Å². The number of halogens is 1. The molecule has 0 atom stereocenters. The second-order valence-corrected chi connectivity index (χ2v) is 6.92. The summed E-state index contributed by atoms with van der Waals surface area (Å²) in [5.41, 5.74) is 2.09. The van der Waals surface area contributed by atoms with Gasteiger partial charge in [0.25, 0.3) is 0 Å². The number of rotatable bonds is 6. The summed E-state index contributed by atoms with van der Waals surface area (Å²) in [5.74, 6) is 0.748. The number of benzene rings is 1. The molecule has 0 unspecified atom stereocenters. The predicted molar refractivity (Wildman–Crippen MR) is 85.7 cm³/mol. The summed E-state index contributed by atoms with van der Waals surface area (Å²) in [5, 5.41) is 7.40. The molecule has 1 N–H and O–H groups in total. The summed E-state index contributed by atoms with van der Waals surface area (Å²) in [4.78, 5) is 0. The Morgan fingerprint density at radius 2 is 1.90 bits per heavy atom. The number of nitrogens with zero attached hydrogens (tertiary/aromatic N) is 1. The Morgan fingerprint density at radius 3 is 2.57 bits per heavy atom. The second-order valence-electron chi connectivity index (χ2n) is 6.01. The fourth-order valence-electron chi connectivity index (χ4n) is 1.71. The van der Waals surface area contributed by atoms with Gasteiger partial charge >= 0.3 is 0 Å². The maximum Gasteiger partial charge on any atom is 0.162 e. The Kier molecular flexibility index (Phi) is 5.56. The molecule has 0 radical (unpaired) electrons. The summed E-state index contributed by atoms with van der Waals surface area (Å²) in [6.07, 6.45) is 0. The minimum atomic E-state index is 0.0667. The lowest BCUT2D eigenvalue weighted by atomic mass is 10.1. The van der Waals surface area contributed by atoms with E-state index in [-0.39, 0.29) is 5.54 Å². The number of hydrogen-bond acceptors (Lipinski definition) is 4. The zero-order chi connectivity index (χ0) is 15.3. The Labute approximate surface area is 134 Å². The highest BCUT2D eigenvalue weighted by molar-refractivity contribution is 9.10. The van der Waals surface area contributed by atoms with Crippen molar-refractivity contribution in [2.75, 3.05) is 0 Å². The van der Waals surface area contributed by atoms with Crippen LogP contribution in [0.3, 0.4) is 0 Å². The first-order valence-corrected chi connectivity index (χ1v) is 7.73. The van der Waals surface area contributed by atoms with Crippen molar-refractivity contribution in [1.29, 1.82) is 0 Å². The summed E-state index contributed by atoms with van der Waals surface area (Å²) in [6.45, 7) is 8.04. The predicted octanol–water partition coefficient (Wildman–Crippen LogP) is 4.04. The topological polar surface area (TPSA) is 47.3 Å². The van der Waals surface area contributed by atoms with Crippen molar-refractivity contribution in [3.05, 3.63) is 51.8 Å². The lowest BCUT2D eigenvalue weighted by molar-refractivity contribution is 0.0883. The summed E-state index contributed by atoms with van der Waals surface area (Å²) in [7, 11) is 0. The lowest BCUT2D eigenvalue weighted by Gasteiger charge is -2.19. The first kappa shape index (κ1) is 16.2. The molecule has 0 saturated carbocycles. The zero-order valence-electron chi connectivity index (χ0n) is 12.6. The minimum Gasteiger partial charge on any atom is -0.369 e.